The van der Waals surface area contributed by atoms with Gasteiger partial charge in [-0.25, -0.2) is 13.2 Å². The van der Waals surface area contributed by atoms with E-state index >= 15 is 0 Å². The van der Waals surface area contributed by atoms with Crippen LogP contribution in [0.3, 0.4) is 0 Å². The van der Waals surface area contributed by atoms with E-state index in [4.69, 9.17) is 5.11 Å². The molecular weight excluding hydrogens is 294 g/mol. The summed E-state index contributed by atoms with van der Waals surface area (Å²) in [5.41, 5.74) is 0.392. The maximum atomic E-state index is 12.2. The van der Waals surface area contributed by atoms with Crippen LogP contribution < -0.4 is 0 Å². The summed E-state index contributed by atoms with van der Waals surface area (Å²) in [5, 5.41) is 9.03. The molecule has 116 valence electrons. The highest BCUT2D eigenvalue weighted by molar-refractivity contribution is 7.92. The number of nitrogens with zero attached hydrogens (tertiary/aromatic N) is 1. The zero-order valence-electron chi connectivity index (χ0n) is 12.3. The van der Waals surface area contributed by atoms with Gasteiger partial charge in [0.05, 0.1) is 10.5 Å². The van der Waals surface area contributed by atoms with Crippen molar-refractivity contribution in [2.75, 3.05) is 18.8 Å². The van der Waals surface area contributed by atoms with Crippen LogP contribution in [-0.4, -0.2) is 49.1 Å². The Bertz CT molecular complexity index is 647. The first-order valence-electron chi connectivity index (χ1n) is 6.57. The summed E-state index contributed by atoms with van der Waals surface area (Å²) < 4.78 is 24.4. The second-order valence-electron chi connectivity index (χ2n) is 4.61. The van der Waals surface area contributed by atoms with Crippen LogP contribution in [0, 0.1) is 6.92 Å². The van der Waals surface area contributed by atoms with Crippen LogP contribution in [-0.2, 0) is 14.6 Å². The smallest absolute Gasteiger partial charge is 0.335 e. The van der Waals surface area contributed by atoms with E-state index in [1.54, 1.807) is 20.8 Å². The van der Waals surface area contributed by atoms with E-state index in [0.29, 0.717) is 18.7 Å². The zero-order valence-corrected chi connectivity index (χ0v) is 13.1. The second-order valence-corrected chi connectivity index (χ2v) is 6.60. The van der Waals surface area contributed by atoms with E-state index < -0.39 is 27.5 Å². The lowest BCUT2D eigenvalue weighted by molar-refractivity contribution is -0.128. The van der Waals surface area contributed by atoms with E-state index in [1.165, 1.54) is 17.0 Å². The summed E-state index contributed by atoms with van der Waals surface area (Å²) in [7, 11) is -3.85. The number of carboxylic acid groups (broad SMARTS) is 1. The summed E-state index contributed by atoms with van der Waals surface area (Å²) in [6, 6.07) is 3.85. The Balaban J connectivity index is 3.12. The number of sulfone groups is 1. The van der Waals surface area contributed by atoms with Gasteiger partial charge in [0.2, 0.25) is 5.91 Å². The lowest BCUT2D eigenvalue weighted by atomic mass is 10.1. The highest BCUT2D eigenvalue weighted by atomic mass is 32.2. The SMILES string of the molecule is CCN(CC)C(=O)CS(=O)(=O)c1ccc(C)c(C(=O)O)c1. The lowest BCUT2D eigenvalue weighted by Crippen LogP contribution is -2.35. The van der Waals surface area contributed by atoms with Gasteiger partial charge in [-0.2, -0.15) is 0 Å². The molecule has 0 heterocycles. The quantitative estimate of drug-likeness (QED) is 0.855. The summed E-state index contributed by atoms with van der Waals surface area (Å²) in [5.74, 6) is -2.34. The Labute approximate surface area is 124 Å². The van der Waals surface area contributed by atoms with E-state index in [1.807, 2.05) is 0 Å². The minimum absolute atomic E-state index is 0.0774. The topological polar surface area (TPSA) is 91.8 Å². The molecule has 1 rings (SSSR count). The van der Waals surface area contributed by atoms with Gasteiger partial charge in [0, 0.05) is 13.1 Å². The summed E-state index contributed by atoms with van der Waals surface area (Å²) in [6.07, 6.45) is 0. The first-order valence-corrected chi connectivity index (χ1v) is 8.22. The molecule has 0 aromatic heterocycles. The molecule has 1 aromatic rings. The second kappa shape index (κ2) is 6.71. The molecule has 1 aromatic carbocycles. The first-order chi connectivity index (χ1) is 9.72. The van der Waals surface area contributed by atoms with Crippen molar-refractivity contribution in [3.63, 3.8) is 0 Å². The van der Waals surface area contributed by atoms with Crippen molar-refractivity contribution in [1.82, 2.24) is 4.90 Å². The molecule has 0 radical (unpaired) electrons. The van der Waals surface area contributed by atoms with E-state index in [9.17, 15) is 18.0 Å². The molecular formula is C14H19NO5S. The molecule has 0 aliphatic heterocycles. The first kappa shape index (κ1) is 17.2. The minimum Gasteiger partial charge on any atom is -0.478 e. The monoisotopic (exact) mass is 313 g/mol. The molecule has 0 spiro atoms. The number of carbonyl (C=O) groups is 2. The number of aromatic carboxylic acids is 1. The molecule has 0 aliphatic carbocycles. The highest BCUT2D eigenvalue weighted by Gasteiger charge is 2.23. The van der Waals surface area contributed by atoms with E-state index in [0.717, 1.165) is 6.07 Å². The zero-order chi connectivity index (χ0) is 16.2. The average Bonchev–Trinajstić information content (AvgIpc) is 2.39. The van der Waals surface area contributed by atoms with Crippen molar-refractivity contribution < 1.29 is 23.1 Å². The van der Waals surface area contributed by atoms with Crippen molar-refractivity contribution >= 4 is 21.7 Å². The fourth-order valence-electron chi connectivity index (χ4n) is 1.94. The number of aryl methyl sites for hydroxylation is 1. The molecule has 0 bridgehead atoms. The molecule has 0 unspecified atom stereocenters. The lowest BCUT2D eigenvalue weighted by Gasteiger charge is -2.18. The van der Waals surface area contributed by atoms with Gasteiger partial charge in [-0.15, -0.1) is 0 Å². The Morgan fingerprint density at radius 1 is 1.19 bits per heavy atom. The van der Waals surface area contributed by atoms with E-state index in [-0.39, 0.29) is 10.5 Å². The molecule has 7 heteroatoms. The van der Waals surface area contributed by atoms with Crippen molar-refractivity contribution in [1.29, 1.82) is 0 Å². The Morgan fingerprint density at radius 3 is 2.24 bits per heavy atom. The largest absolute Gasteiger partial charge is 0.478 e. The van der Waals surface area contributed by atoms with Gasteiger partial charge in [0.25, 0.3) is 0 Å². The highest BCUT2D eigenvalue weighted by Crippen LogP contribution is 2.17. The summed E-state index contributed by atoms with van der Waals surface area (Å²) >= 11 is 0. The Morgan fingerprint density at radius 2 is 1.76 bits per heavy atom. The van der Waals surface area contributed by atoms with Crippen molar-refractivity contribution in [2.24, 2.45) is 0 Å². The van der Waals surface area contributed by atoms with Crippen LogP contribution in [0.25, 0.3) is 0 Å². The molecule has 0 saturated heterocycles. The third-order valence-corrected chi connectivity index (χ3v) is 4.83. The number of benzene rings is 1. The standard InChI is InChI=1S/C14H19NO5S/c1-4-15(5-2)13(16)9-21(19,20)11-7-6-10(3)12(8-11)14(17)18/h6-8H,4-5,9H2,1-3H3,(H,17,18). The molecule has 6 nitrogen and oxygen atoms in total. The molecule has 0 saturated carbocycles. The Hall–Kier alpha value is -1.89. The third kappa shape index (κ3) is 4.04. The van der Waals surface area contributed by atoms with Crippen LogP contribution in [0.1, 0.15) is 29.8 Å². The number of hydrogen-bond donors (Lipinski definition) is 1. The number of amides is 1. The summed E-state index contributed by atoms with van der Waals surface area (Å²) in [6.45, 7) is 5.98. The van der Waals surface area contributed by atoms with Crippen LogP contribution in [0.2, 0.25) is 0 Å². The minimum atomic E-state index is -3.85. The van der Waals surface area contributed by atoms with Gasteiger partial charge in [0.1, 0.15) is 5.75 Å². The van der Waals surface area contributed by atoms with Gasteiger partial charge in [0.15, 0.2) is 9.84 Å². The maximum absolute atomic E-state index is 12.2. The van der Waals surface area contributed by atoms with Crippen molar-refractivity contribution in [3.8, 4) is 0 Å². The molecule has 0 atom stereocenters. The average molecular weight is 313 g/mol. The van der Waals surface area contributed by atoms with Crippen LogP contribution in [0.5, 0.6) is 0 Å². The fraction of sp³-hybridized carbons (Fsp3) is 0.429. The van der Waals surface area contributed by atoms with Crippen LogP contribution in [0.15, 0.2) is 23.1 Å². The number of rotatable bonds is 6. The van der Waals surface area contributed by atoms with Crippen molar-refractivity contribution in [3.05, 3.63) is 29.3 Å². The van der Waals surface area contributed by atoms with Gasteiger partial charge in [-0.05, 0) is 38.5 Å². The van der Waals surface area contributed by atoms with E-state index in [2.05, 4.69) is 0 Å². The van der Waals surface area contributed by atoms with Gasteiger partial charge >= 0.3 is 5.97 Å². The van der Waals surface area contributed by atoms with Gasteiger partial charge in [-0.1, -0.05) is 6.07 Å². The number of hydrogen-bond acceptors (Lipinski definition) is 4. The van der Waals surface area contributed by atoms with Crippen LogP contribution >= 0.6 is 0 Å². The number of carbonyl (C=O) groups excluding carboxylic acids is 1. The summed E-state index contributed by atoms with van der Waals surface area (Å²) in [4.78, 5) is 24.2. The van der Waals surface area contributed by atoms with Gasteiger partial charge in [-0.3, -0.25) is 4.79 Å². The molecule has 1 amide bonds. The molecule has 1 N–H and O–H groups in total. The third-order valence-electron chi connectivity index (χ3n) is 3.23. The molecule has 21 heavy (non-hydrogen) atoms. The molecule has 0 aliphatic rings. The maximum Gasteiger partial charge on any atom is 0.335 e. The molecule has 0 fully saturated rings. The normalized spacial score (nSPS) is 11.2. The predicted octanol–water partition coefficient (Wildman–Crippen LogP) is 1.34. The fourth-order valence-corrected chi connectivity index (χ4v) is 3.19. The van der Waals surface area contributed by atoms with Crippen LogP contribution in [0.4, 0.5) is 0 Å². The predicted molar refractivity (Wildman–Crippen MR) is 78.1 cm³/mol. The van der Waals surface area contributed by atoms with Gasteiger partial charge < -0.3 is 10.0 Å². The van der Waals surface area contributed by atoms with Crippen molar-refractivity contribution in [2.45, 2.75) is 25.7 Å². The Kier molecular flexibility index (Phi) is 5.48. The number of carboxylic acids is 1.